The Labute approximate surface area is 200 Å². The van der Waals surface area contributed by atoms with Crippen molar-refractivity contribution in [2.75, 3.05) is 0 Å². The summed E-state index contributed by atoms with van der Waals surface area (Å²) >= 11 is 0. The lowest BCUT2D eigenvalue weighted by molar-refractivity contribution is 0.669. The lowest BCUT2D eigenvalue weighted by Gasteiger charge is -2.08. The van der Waals surface area contributed by atoms with E-state index in [1.807, 2.05) is 30.5 Å². The van der Waals surface area contributed by atoms with E-state index >= 15 is 0 Å². The lowest BCUT2D eigenvalue weighted by Crippen LogP contribution is -1.89. The monoisotopic (exact) mass is 447 g/mol. The first kappa shape index (κ1) is 19.5. The molecule has 4 heteroatoms. The Kier molecular flexibility index (Phi) is 4.18. The van der Waals surface area contributed by atoms with Crippen molar-refractivity contribution in [2.45, 2.75) is 0 Å². The van der Waals surface area contributed by atoms with Crippen LogP contribution < -0.4 is 0 Å². The van der Waals surface area contributed by atoms with Gasteiger partial charge in [0.2, 0.25) is 0 Å². The summed E-state index contributed by atoms with van der Waals surface area (Å²) in [7, 11) is 0. The molecule has 7 aromatic rings. The molecule has 162 valence electrons. The summed E-state index contributed by atoms with van der Waals surface area (Å²) in [6.07, 6.45) is 1.81. The highest BCUT2D eigenvalue weighted by atomic mass is 16.3. The maximum atomic E-state index is 9.31. The smallest absolute Gasteiger partial charge is 0.135 e. The second kappa shape index (κ2) is 7.51. The third kappa shape index (κ3) is 3.14. The Morgan fingerprint density at radius 1 is 0.629 bits per heavy atom. The maximum absolute atomic E-state index is 9.31. The highest BCUT2D eigenvalue weighted by molar-refractivity contribution is 6.07. The van der Waals surface area contributed by atoms with Crippen molar-refractivity contribution in [3.63, 3.8) is 0 Å². The Balaban J connectivity index is 1.36. The number of fused-ring (bicyclic) bond motifs is 6. The number of aromatic nitrogens is 2. The minimum absolute atomic E-state index is 0.622. The number of hydrogen-bond acceptors (Lipinski definition) is 4. The first-order chi connectivity index (χ1) is 17.3. The molecule has 0 unspecified atom stereocenters. The molecule has 0 aliphatic heterocycles. The van der Waals surface area contributed by atoms with Gasteiger partial charge in [0.1, 0.15) is 11.2 Å². The molecule has 0 spiro atoms. The van der Waals surface area contributed by atoms with Crippen LogP contribution in [0.1, 0.15) is 5.56 Å². The molecule has 0 fully saturated rings. The van der Waals surface area contributed by atoms with E-state index < -0.39 is 0 Å². The predicted molar refractivity (Wildman–Crippen MR) is 140 cm³/mol. The summed E-state index contributed by atoms with van der Waals surface area (Å²) < 4.78 is 5.99. The minimum Gasteiger partial charge on any atom is -0.456 e. The molecule has 0 N–H and O–H groups in total. The van der Waals surface area contributed by atoms with Crippen molar-refractivity contribution in [2.24, 2.45) is 0 Å². The van der Waals surface area contributed by atoms with Gasteiger partial charge in [-0.05, 0) is 59.7 Å². The van der Waals surface area contributed by atoms with Gasteiger partial charge in [0.15, 0.2) is 0 Å². The largest absolute Gasteiger partial charge is 0.456 e. The van der Waals surface area contributed by atoms with Crippen molar-refractivity contribution in [3.8, 4) is 28.5 Å². The molecule has 0 atom stereocenters. The lowest BCUT2D eigenvalue weighted by atomic mass is 9.99. The molecule has 7 rings (SSSR count). The maximum Gasteiger partial charge on any atom is 0.135 e. The number of nitrogens with zero attached hydrogens (tertiary/aromatic N) is 3. The zero-order valence-corrected chi connectivity index (χ0v) is 18.6. The highest BCUT2D eigenvalue weighted by Crippen LogP contribution is 2.34. The van der Waals surface area contributed by atoms with Crippen molar-refractivity contribution in [3.05, 3.63) is 109 Å². The summed E-state index contributed by atoms with van der Waals surface area (Å²) in [4.78, 5) is 9.58. The SMILES string of the molecule is N#Cc1ccc2oc3ccc(-c4cccc(-c5ccc6ccc7cccnc7c6n5)c4)cc3c2c1. The van der Waals surface area contributed by atoms with E-state index in [0.29, 0.717) is 5.56 Å². The van der Waals surface area contributed by atoms with Gasteiger partial charge in [-0.15, -0.1) is 0 Å². The number of nitriles is 1. The highest BCUT2D eigenvalue weighted by Gasteiger charge is 2.11. The van der Waals surface area contributed by atoms with Gasteiger partial charge in [-0.2, -0.15) is 5.26 Å². The Bertz CT molecular complexity index is 1980. The van der Waals surface area contributed by atoms with Gasteiger partial charge in [0.25, 0.3) is 0 Å². The third-order valence-electron chi connectivity index (χ3n) is 6.52. The second-order valence-electron chi connectivity index (χ2n) is 8.63. The summed E-state index contributed by atoms with van der Waals surface area (Å²) in [5, 5.41) is 13.4. The molecule has 3 aromatic heterocycles. The third-order valence-corrected chi connectivity index (χ3v) is 6.52. The second-order valence-corrected chi connectivity index (χ2v) is 8.63. The molecule has 0 aliphatic carbocycles. The van der Waals surface area contributed by atoms with E-state index in [0.717, 1.165) is 66.1 Å². The first-order valence-corrected chi connectivity index (χ1v) is 11.4. The van der Waals surface area contributed by atoms with Gasteiger partial charge >= 0.3 is 0 Å². The summed E-state index contributed by atoms with van der Waals surface area (Å²) in [5.41, 5.74) is 8.16. The van der Waals surface area contributed by atoms with Gasteiger partial charge in [-0.1, -0.05) is 48.5 Å². The fraction of sp³-hybridized carbons (Fsp3) is 0. The van der Waals surface area contributed by atoms with Crippen molar-refractivity contribution in [1.29, 1.82) is 5.26 Å². The number of pyridine rings is 2. The van der Waals surface area contributed by atoms with Crippen LogP contribution in [-0.2, 0) is 0 Å². The Hall–Kier alpha value is -5.01. The number of hydrogen-bond donors (Lipinski definition) is 0. The number of rotatable bonds is 2. The van der Waals surface area contributed by atoms with Crippen molar-refractivity contribution in [1.82, 2.24) is 9.97 Å². The molecule has 35 heavy (non-hydrogen) atoms. The predicted octanol–water partition coefficient (Wildman–Crippen LogP) is 7.89. The molecule has 0 saturated heterocycles. The molecule has 0 radical (unpaired) electrons. The van der Waals surface area contributed by atoms with Gasteiger partial charge in [-0.25, -0.2) is 4.98 Å². The molecule has 4 aromatic carbocycles. The summed E-state index contributed by atoms with van der Waals surface area (Å²) in [5.74, 6) is 0. The van der Waals surface area contributed by atoms with Crippen LogP contribution in [0, 0.1) is 11.3 Å². The van der Waals surface area contributed by atoms with E-state index in [-0.39, 0.29) is 0 Å². The fourth-order valence-corrected chi connectivity index (χ4v) is 4.77. The standard InChI is InChI=1S/C31H17N3O/c32-18-19-6-12-28-25(15-19)26-17-23(10-13-29(26)35-28)22-3-1-4-24(16-22)27-11-9-21-8-7-20-5-2-14-33-30(20)31(21)34-27/h1-17H. The normalized spacial score (nSPS) is 11.4. The molecule has 0 aliphatic rings. The molecule has 4 nitrogen and oxygen atoms in total. The van der Waals surface area contributed by atoms with Crippen LogP contribution in [0.2, 0.25) is 0 Å². The first-order valence-electron chi connectivity index (χ1n) is 11.4. The fourth-order valence-electron chi connectivity index (χ4n) is 4.77. The number of benzene rings is 4. The van der Waals surface area contributed by atoms with Crippen LogP contribution in [0.15, 0.2) is 108 Å². The van der Waals surface area contributed by atoms with Crippen LogP contribution in [0.3, 0.4) is 0 Å². The quantitative estimate of drug-likeness (QED) is 0.253. The van der Waals surface area contributed by atoms with Gasteiger partial charge in [-0.3, -0.25) is 4.98 Å². The van der Waals surface area contributed by atoms with Crippen LogP contribution in [0.4, 0.5) is 0 Å². The molecular formula is C31H17N3O. The van der Waals surface area contributed by atoms with Gasteiger partial charge in [0, 0.05) is 33.3 Å². The van der Waals surface area contributed by atoms with Gasteiger partial charge in [0.05, 0.1) is 28.4 Å². The van der Waals surface area contributed by atoms with E-state index in [9.17, 15) is 5.26 Å². The van der Waals surface area contributed by atoms with Gasteiger partial charge < -0.3 is 4.42 Å². The van der Waals surface area contributed by atoms with Crippen LogP contribution >= 0.6 is 0 Å². The topological polar surface area (TPSA) is 62.7 Å². The Morgan fingerprint density at radius 2 is 1.37 bits per heavy atom. The van der Waals surface area contributed by atoms with E-state index in [2.05, 4.69) is 77.8 Å². The molecular weight excluding hydrogens is 430 g/mol. The molecule has 0 amide bonds. The van der Waals surface area contributed by atoms with Crippen LogP contribution in [0.25, 0.3) is 66.1 Å². The van der Waals surface area contributed by atoms with Crippen LogP contribution in [0.5, 0.6) is 0 Å². The zero-order chi connectivity index (χ0) is 23.4. The van der Waals surface area contributed by atoms with Crippen molar-refractivity contribution < 1.29 is 4.42 Å². The van der Waals surface area contributed by atoms with E-state index in [1.54, 1.807) is 6.07 Å². The minimum atomic E-state index is 0.622. The summed E-state index contributed by atoms with van der Waals surface area (Å²) in [6, 6.07) is 34.7. The van der Waals surface area contributed by atoms with E-state index in [1.165, 1.54) is 0 Å². The molecule has 0 saturated carbocycles. The molecule has 3 heterocycles. The summed E-state index contributed by atoms with van der Waals surface area (Å²) in [6.45, 7) is 0. The number of furan rings is 1. The Morgan fingerprint density at radius 3 is 2.26 bits per heavy atom. The average molecular weight is 447 g/mol. The average Bonchev–Trinajstić information content (AvgIpc) is 3.30. The van der Waals surface area contributed by atoms with Crippen molar-refractivity contribution >= 4 is 43.7 Å². The molecule has 0 bridgehead atoms. The zero-order valence-electron chi connectivity index (χ0n) is 18.6. The van der Waals surface area contributed by atoms with Crippen LogP contribution in [-0.4, -0.2) is 9.97 Å². The van der Waals surface area contributed by atoms with E-state index in [4.69, 9.17) is 9.40 Å².